The average Bonchev–Trinajstić information content (AvgIpc) is 2.95. The van der Waals surface area contributed by atoms with Crippen LogP contribution in [0.2, 0.25) is 0 Å². The quantitative estimate of drug-likeness (QED) is 0.706. The number of nitrogens with one attached hydrogen (secondary N) is 2. The topological polar surface area (TPSA) is 70.7 Å². The lowest BCUT2D eigenvalue weighted by Crippen LogP contribution is -2.56. The van der Waals surface area contributed by atoms with Crippen LogP contribution in [0.4, 0.5) is 0 Å². The monoisotopic (exact) mass is 387 g/mol. The van der Waals surface area contributed by atoms with Gasteiger partial charge in [-0.05, 0) is 25.8 Å². The molecule has 1 saturated heterocycles. The van der Waals surface area contributed by atoms with Crippen molar-refractivity contribution < 1.29 is 14.3 Å². The number of hydrogen-bond donors (Lipinski definition) is 2. The number of carbonyl (C=O) groups excluding carboxylic acids is 2. The molecule has 6 nitrogen and oxygen atoms in total. The Hall–Kier alpha value is -2.08. The van der Waals surface area contributed by atoms with Gasteiger partial charge in [-0.15, -0.1) is 0 Å². The van der Waals surface area contributed by atoms with Crippen LogP contribution in [0.3, 0.4) is 0 Å². The van der Waals surface area contributed by atoms with Gasteiger partial charge in [0.05, 0.1) is 19.1 Å². The molecule has 1 aromatic carbocycles. The second-order valence-corrected chi connectivity index (χ2v) is 7.78. The van der Waals surface area contributed by atoms with E-state index in [1.165, 1.54) is 25.7 Å². The Balaban J connectivity index is 1.63. The van der Waals surface area contributed by atoms with E-state index in [1.54, 1.807) is 0 Å². The second kappa shape index (κ2) is 10.5. The lowest BCUT2D eigenvalue weighted by molar-refractivity contribution is -0.134. The summed E-state index contributed by atoms with van der Waals surface area (Å²) in [4.78, 5) is 27.3. The van der Waals surface area contributed by atoms with Gasteiger partial charge in [-0.2, -0.15) is 0 Å². The van der Waals surface area contributed by atoms with Crippen LogP contribution in [0.25, 0.3) is 0 Å². The maximum absolute atomic E-state index is 12.7. The molecule has 1 atom stereocenters. The first-order valence-electron chi connectivity index (χ1n) is 10.7. The van der Waals surface area contributed by atoms with Crippen LogP contribution < -0.4 is 15.4 Å². The number of ether oxygens (including phenoxy) is 1. The zero-order valence-corrected chi connectivity index (χ0v) is 16.9. The average molecular weight is 388 g/mol. The van der Waals surface area contributed by atoms with Crippen LogP contribution in [0, 0.1) is 0 Å². The maximum Gasteiger partial charge on any atom is 0.237 e. The van der Waals surface area contributed by atoms with E-state index >= 15 is 0 Å². The molecule has 0 spiro atoms. The summed E-state index contributed by atoms with van der Waals surface area (Å²) in [5.74, 6) is 0.769. The Bertz CT molecular complexity index is 656. The predicted octanol–water partition coefficient (Wildman–Crippen LogP) is 2.61. The molecule has 1 aliphatic carbocycles. The molecule has 0 bridgehead atoms. The third-order valence-electron chi connectivity index (χ3n) is 5.69. The molecule has 2 amide bonds. The summed E-state index contributed by atoms with van der Waals surface area (Å²) in [6, 6.07) is 7.74. The zero-order chi connectivity index (χ0) is 19.8. The molecule has 1 saturated carbocycles. The molecule has 6 heteroatoms. The number of nitrogens with zero attached hydrogens (tertiary/aromatic N) is 1. The Morgan fingerprint density at radius 3 is 2.71 bits per heavy atom. The summed E-state index contributed by atoms with van der Waals surface area (Å²) in [5, 5.41) is 6.09. The summed E-state index contributed by atoms with van der Waals surface area (Å²) in [6.45, 7) is 4.51. The van der Waals surface area contributed by atoms with Gasteiger partial charge in [-0.3, -0.25) is 14.5 Å². The first-order valence-corrected chi connectivity index (χ1v) is 10.7. The van der Waals surface area contributed by atoms with Crippen molar-refractivity contribution in [2.45, 2.75) is 70.5 Å². The van der Waals surface area contributed by atoms with E-state index in [1.807, 2.05) is 31.2 Å². The molecule has 0 aromatic heterocycles. The zero-order valence-electron chi connectivity index (χ0n) is 16.9. The van der Waals surface area contributed by atoms with Gasteiger partial charge in [-0.1, -0.05) is 43.9 Å². The highest BCUT2D eigenvalue weighted by molar-refractivity contribution is 5.88. The first-order chi connectivity index (χ1) is 13.7. The lowest BCUT2D eigenvalue weighted by atomic mass is 10.0. The highest BCUT2D eigenvalue weighted by Gasteiger charge is 2.32. The standard InChI is InChI=1S/C22H33N3O3/c1-2-28-20-12-8-7-9-17(20)16-25-14-13-23-22(27)19(25)15-21(26)24-18-10-5-3-4-6-11-18/h7-9,12,18-19H,2-6,10-11,13-16H2,1H3,(H,23,27)(H,24,26)/t19-/m1/s1. The van der Waals surface area contributed by atoms with E-state index in [2.05, 4.69) is 15.5 Å². The molecule has 2 N–H and O–H groups in total. The third kappa shape index (κ3) is 5.71. The minimum atomic E-state index is -0.436. The largest absolute Gasteiger partial charge is 0.494 e. The molecule has 1 aromatic rings. The van der Waals surface area contributed by atoms with Gasteiger partial charge in [0.1, 0.15) is 5.75 Å². The van der Waals surface area contributed by atoms with Gasteiger partial charge in [-0.25, -0.2) is 0 Å². The molecule has 2 aliphatic rings. The fraction of sp³-hybridized carbons (Fsp3) is 0.636. The fourth-order valence-electron chi connectivity index (χ4n) is 4.21. The van der Waals surface area contributed by atoms with Crippen molar-refractivity contribution in [1.82, 2.24) is 15.5 Å². The minimum absolute atomic E-state index is 0.0166. The van der Waals surface area contributed by atoms with E-state index in [0.717, 1.165) is 30.7 Å². The summed E-state index contributed by atoms with van der Waals surface area (Å²) in [6.07, 6.45) is 7.17. The molecular formula is C22H33N3O3. The molecule has 2 fully saturated rings. The van der Waals surface area contributed by atoms with Gasteiger partial charge in [0.15, 0.2) is 0 Å². The minimum Gasteiger partial charge on any atom is -0.494 e. The van der Waals surface area contributed by atoms with Crippen LogP contribution in [0.15, 0.2) is 24.3 Å². The Kier molecular flexibility index (Phi) is 7.71. The van der Waals surface area contributed by atoms with Crippen molar-refractivity contribution >= 4 is 11.8 Å². The van der Waals surface area contributed by atoms with E-state index in [9.17, 15) is 9.59 Å². The Morgan fingerprint density at radius 1 is 1.21 bits per heavy atom. The molecule has 28 heavy (non-hydrogen) atoms. The smallest absolute Gasteiger partial charge is 0.237 e. The van der Waals surface area contributed by atoms with Crippen molar-refractivity contribution in [2.75, 3.05) is 19.7 Å². The van der Waals surface area contributed by atoms with Gasteiger partial charge in [0.2, 0.25) is 11.8 Å². The second-order valence-electron chi connectivity index (χ2n) is 7.78. The van der Waals surface area contributed by atoms with Gasteiger partial charge < -0.3 is 15.4 Å². The highest BCUT2D eigenvalue weighted by atomic mass is 16.5. The van der Waals surface area contributed by atoms with Gasteiger partial charge in [0, 0.05) is 31.2 Å². The lowest BCUT2D eigenvalue weighted by Gasteiger charge is -2.35. The number of amides is 2. The molecule has 3 rings (SSSR count). The summed E-state index contributed by atoms with van der Waals surface area (Å²) in [7, 11) is 0. The summed E-state index contributed by atoms with van der Waals surface area (Å²) < 4.78 is 5.73. The first kappa shape index (κ1) is 20.6. The number of piperazine rings is 1. The van der Waals surface area contributed by atoms with Crippen molar-refractivity contribution in [2.24, 2.45) is 0 Å². The molecule has 1 heterocycles. The molecular weight excluding hydrogens is 354 g/mol. The predicted molar refractivity (Wildman–Crippen MR) is 109 cm³/mol. The molecule has 1 aliphatic heterocycles. The van der Waals surface area contributed by atoms with E-state index in [4.69, 9.17) is 4.74 Å². The molecule has 154 valence electrons. The molecule has 0 unspecified atom stereocenters. The maximum atomic E-state index is 12.7. The van der Waals surface area contributed by atoms with Crippen LogP contribution in [-0.2, 0) is 16.1 Å². The number of rotatable bonds is 7. The number of benzene rings is 1. The van der Waals surface area contributed by atoms with E-state index in [0.29, 0.717) is 19.7 Å². The van der Waals surface area contributed by atoms with Crippen molar-refractivity contribution in [3.8, 4) is 5.75 Å². The Labute approximate surface area is 168 Å². The van der Waals surface area contributed by atoms with Crippen LogP contribution >= 0.6 is 0 Å². The number of para-hydroxylation sites is 1. The summed E-state index contributed by atoms with van der Waals surface area (Å²) in [5.41, 5.74) is 1.05. The Morgan fingerprint density at radius 2 is 1.96 bits per heavy atom. The van der Waals surface area contributed by atoms with Gasteiger partial charge in [0.25, 0.3) is 0 Å². The number of hydrogen-bond acceptors (Lipinski definition) is 4. The van der Waals surface area contributed by atoms with Gasteiger partial charge >= 0.3 is 0 Å². The van der Waals surface area contributed by atoms with E-state index < -0.39 is 6.04 Å². The number of carbonyl (C=O) groups is 2. The third-order valence-corrected chi connectivity index (χ3v) is 5.69. The van der Waals surface area contributed by atoms with Crippen LogP contribution in [-0.4, -0.2) is 48.5 Å². The van der Waals surface area contributed by atoms with Crippen molar-refractivity contribution in [3.05, 3.63) is 29.8 Å². The summed E-state index contributed by atoms with van der Waals surface area (Å²) >= 11 is 0. The SMILES string of the molecule is CCOc1ccccc1CN1CCNC(=O)[C@H]1CC(=O)NC1CCCCCC1. The van der Waals surface area contributed by atoms with E-state index in [-0.39, 0.29) is 24.3 Å². The van der Waals surface area contributed by atoms with Crippen molar-refractivity contribution in [1.29, 1.82) is 0 Å². The highest BCUT2D eigenvalue weighted by Crippen LogP contribution is 2.23. The normalized spacial score (nSPS) is 21.6. The van der Waals surface area contributed by atoms with Crippen LogP contribution in [0.5, 0.6) is 5.75 Å². The van der Waals surface area contributed by atoms with Crippen molar-refractivity contribution in [3.63, 3.8) is 0 Å². The van der Waals surface area contributed by atoms with Crippen LogP contribution in [0.1, 0.15) is 57.4 Å². The molecule has 0 radical (unpaired) electrons. The fourth-order valence-corrected chi connectivity index (χ4v) is 4.21.